The molecule has 0 unspecified atom stereocenters. The van der Waals surface area contributed by atoms with Gasteiger partial charge in [-0.3, -0.25) is 4.79 Å². The van der Waals surface area contributed by atoms with Crippen molar-refractivity contribution in [3.63, 3.8) is 0 Å². The Hall–Kier alpha value is -3.21. The summed E-state index contributed by atoms with van der Waals surface area (Å²) in [5.74, 6) is 0.677. The smallest absolute Gasteiger partial charge is 0.227 e. The molecule has 0 aliphatic carbocycles. The number of fused-ring (bicyclic) bond motifs is 1. The van der Waals surface area contributed by atoms with Gasteiger partial charge in [0.05, 0.1) is 0 Å². The Morgan fingerprint density at radius 3 is 2.78 bits per heavy atom. The maximum atomic E-state index is 11.5. The number of hydrogen-bond acceptors (Lipinski definition) is 4. The number of carbonyl (C=O) groups excluding carboxylic acids is 1. The van der Waals surface area contributed by atoms with Crippen molar-refractivity contribution in [2.45, 2.75) is 32.6 Å². The lowest BCUT2D eigenvalue weighted by Crippen LogP contribution is -2.18. The summed E-state index contributed by atoms with van der Waals surface area (Å²) in [6.07, 6.45) is 4.99. The molecule has 0 fully saturated rings. The van der Waals surface area contributed by atoms with Gasteiger partial charge in [-0.2, -0.15) is 0 Å². The lowest BCUT2D eigenvalue weighted by Gasteiger charge is -2.18. The topological polar surface area (TPSA) is 66.9 Å². The number of rotatable bonds is 5. The van der Waals surface area contributed by atoms with Crippen LogP contribution in [0, 0.1) is 6.92 Å². The molecule has 0 saturated carbocycles. The van der Waals surface area contributed by atoms with Crippen molar-refractivity contribution in [2.75, 3.05) is 10.6 Å². The van der Waals surface area contributed by atoms with Crippen LogP contribution in [0.3, 0.4) is 0 Å². The average molecular weight is 358 g/mol. The molecule has 0 bridgehead atoms. The van der Waals surface area contributed by atoms with Crippen LogP contribution < -0.4 is 10.6 Å². The van der Waals surface area contributed by atoms with E-state index in [-0.39, 0.29) is 5.91 Å². The number of nitrogens with one attached hydrogen (secondary N) is 2. The SMILES string of the molecule is Cc1cnc(Nc2ccc3c(c2)CCC(=O)N3)nc1CCc1ccccc1. The highest BCUT2D eigenvalue weighted by atomic mass is 16.1. The van der Waals surface area contributed by atoms with Gasteiger partial charge in [0.2, 0.25) is 11.9 Å². The lowest BCUT2D eigenvalue weighted by molar-refractivity contribution is -0.116. The molecule has 0 saturated heterocycles. The molecule has 136 valence electrons. The molecule has 0 atom stereocenters. The van der Waals surface area contributed by atoms with Gasteiger partial charge in [0.15, 0.2) is 0 Å². The molecule has 2 N–H and O–H groups in total. The third-order valence-corrected chi connectivity index (χ3v) is 4.83. The first-order chi connectivity index (χ1) is 13.2. The Labute approximate surface area is 158 Å². The summed E-state index contributed by atoms with van der Waals surface area (Å²) in [7, 11) is 0. The molecule has 3 aromatic rings. The highest BCUT2D eigenvalue weighted by Crippen LogP contribution is 2.26. The molecule has 27 heavy (non-hydrogen) atoms. The number of hydrogen-bond donors (Lipinski definition) is 2. The van der Waals surface area contributed by atoms with Crippen molar-refractivity contribution in [2.24, 2.45) is 0 Å². The lowest BCUT2D eigenvalue weighted by atomic mass is 10.0. The molecular formula is C22H22N4O. The van der Waals surface area contributed by atoms with Crippen LogP contribution in [-0.4, -0.2) is 15.9 Å². The van der Waals surface area contributed by atoms with Gasteiger partial charge in [0.25, 0.3) is 0 Å². The predicted molar refractivity (Wildman–Crippen MR) is 107 cm³/mol. The number of carbonyl (C=O) groups is 1. The fourth-order valence-electron chi connectivity index (χ4n) is 3.29. The second kappa shape index (κ2) is 7.58. The van der Waals surface area contributed by atoms with Crippen molar-refractivity contribution in [1.29, 1.82) is 0 Å². The third-order valence-electron chi connectivity index (χ3n) is 4.83. The van der Waals surface area contributed by atoms with E-state index in [1.807, 2.05) is 31.3 Å². The van der Waals surface area contributed by atoms with E-state index < -0.39 is 0 Å². The number of anilines is 3. The number of benzene rings is 2. The van der Waals surface area contributed by atoms with Crippen molar-refractivity contribution in [3.05, 3.63) is 77.1 Å². The van der Waals surface area contributed by atoms with Crippen LogP contribution in [0.5, 0.6) is 0 Å². The number of aryl methyl sites for hydroxylation is 4. The van der Waals surface area contributed by atoms with Crippen molar-refractivity contribution in [3.8, 4) is 0 Å². The number of aromatic nitrogens is 2. The summed E-state index contributed by atoms with van der Waals surface area (Å²) < 4.78 is 0. The Balaban J connectivity index is 1.49. The van der Waals surface area contributed by atoms with Gasteiger partial charge in [-0.25, -0.2) is 9.97 Å². The van der Waals surface area contributed by atoms with Gasteiger partial charge in [0.1, 0.15) is 0 Å². The highest BCUT2D eigenvalue weighted by molar-refractivity contribution is 5.94. The quantitative estimate of drug-likeness (QED) is 0.717. The Bertz CT molecular complexity index is 969. The fraction of sp³-hybridized carbons (Fsp3) is 0.227. The zero-order valence-electron chi connectivity index (χ0n) is 15.3. The van der Waals surface area contributed by atoms with Gasteiger partial charge in [-0.15, -0.1) is 0 Å². The third kappa shape index (κ3) is 4.14. The summed E-state index contributed by atoms with van der Waals surface area (Å²) in [5, 5.41) is 6.20. The molecule has 4 rings (SSSR count). The van der Waals surface area contributed by atoms with Gasteiger partial charge in [-0.1, -0.05) is 30.3 Å². The van der Waals surface area contributed by atoms with Crippen molar-refractivity contribution >= 4 is 23.2 Å². The van der Waals surface area contributed by atoms with E-state index in [1.54, 1.807) is 0 Å². The van der Waals surface area contributed by atoms with Crippen molar-refractivity contribution in [1.82, 2.24) is 9.97 Å². The minimum absolute atomic E-state index is 0.0770. The summed E-state index contributed by atoms with van der Waals surface area (Å²) in [6, 6.07) is 16.4. The van der Waals surface area contributed by atoms with Crippen molar-refractivity contribution < 1.29 is 4.79 Å². The Morgan fingerprint density at radius 2 is 1.93 bits per heavy atom. The minimum Gasteiger partial charge on any atom is -0.326 e. The number of amides is 1. The zero-order valence-corrected chi connectivity index (χ0v) is 15.3. The summed E-state index contributed by atoms with van der Waals surface area (Å²) in [4.78, 5) is 20.6. The minimum atomic E-state index is 0.0770. The van der Waals surface area contributed by atoms with Gasteiger partial charge < -0.3 is 10.6 Å². The molecule has 0 spiro atoms. The molecule has 1 aliphatic rings. The van der Waals surface area contributed by atoms with Crippen LogP contribution in [0.4, 0.5) is 17.3 Å². The largest absolute Gasteiger partial charge is 0.326 e. The van der Waals surface area contributed by atoms with E-state index in [1.165, 1.54) is 5.56 Å². The monoisotopic (exact) mass is 358 g/mol. The molecule has 1 amide bonds. The molecule has 5 heteroatoms. The average Bonchev–Trinajstić information content (AvgIpc) is 2.69. The van der Waals surface area contributed by atoms with E-state index in [0.29, 0.717) is 12.4 Å². The molecule has 0 radical (unpaired) electrons. The first-order valence-corrected chi connectivity index (χ1v) is 9.23. The van der Waals surface area contributed by atoms with Crippen LogP contribution in [-0.2, 0) is 24.1 Å². The molecule has 2 heterocycles. The molecule has 2 aromatic carbocycles. The standard InChI is InChI=1S/C22H22N4O/c1-15-14-23-22(26-19(15)10-7-16-5-3-2-4-6-16)24-18-9-11-20-17(13-18)8-12-21(27)25-20/h2-6,9,11,13-14H,7-8,10,12H2,1H3,(H,25,27)(H,23,24,26). The van der Waals surface area contributed by atoms with Crippen LogP contribution in [0.1, 0.15) is 28.8 Å². The maximum Gasteiger partial charge on any atom is 0.227 e. The maximum absolute atomic E-state index is 11.5. The van der Waals surface area contributed by atoms with Crippen LogP contribution in [0.25, 0.3) is 0 Å². The van der Waals surface area contributed by atoms with Gasteiger partial charge in [-0.05, 0) is 61.1 Å². The Morgan fingerprint density at radius 1 is 1.07 bits per heavy atom. The van der Waals surface area contributed by atoms with Crippen LogP contribution in [0.15, 0.2) is 54.7 Å². The summed E-state index contributed by atoms with van der Waals surface area (Å²) >= 11 is 0. The molecular weight excluding hydrogens is 336 g/mol. The second-order valence-corrected chi connectivity index (χ2v) is 6.85. The van der Waals surface area contributed by atoms with Crippen LogP contribution in [0.2, 0.25) is 0 Å². The van der Waals surface area contributed by atoms with Crippen LogP contribution >= 0.6 is 0 Å². The summed E-state index contributed by atoms with van der Waals surface area (Å²) in [6.45, 7) is 2.05. The first kappa shape index (κ1) is 17.2. The first-order valence-electron chi connectivity index (χ1n) is 9.23. The second-order valence-electron chi connectivity index (χ2n) is 6.85. The fourth-order valence-corrected chi connectivity index (χ4v) is 3.29. The van der Waals surface area contributed by atoms with E-state index in [0.717, 1.165) is 47.5 Å². The van der Waals surface area contributed by atoms with E-state index >= 15 is 0 Å². The molecule has 1 aliphatic heterocycles. The van der Waals surface area contributed by atoms with Gasteiger partial charge >= 0.3 is 0 Å². The zero-order chi connectivity index (χ0) is 18.6. The normalized spacial score (nSPS) is 13.0. The van der Waals surface area contributed by atoms with E-state index in [4.69, 9.17) is 4.98 Å². The van der Waals surface area contributed by atoms with Gasteiger partial charge in [0, 0.05) is 29.7 Å². The van der Waals surface area contributed by atoms with E-state index in [2.05, 4.69) is 45.9 Å². The van der Waals surface area contributed by atoms with E-state index in [9.17, 15) is 4.79 Å². The molecule has 5 nitrogen and oxygen atoms in total. The molecule has 1 aromatic heterocycles. The number of nitrogens with zero attached hydrogens (tertiary/aromatic N) is 2. The predicted octanol–water partition coefficient (Wildman–Crippen LogP) is 4.20. The Kier molecular flexibility index (Phi) is 4.83. The highest BCUT2D eigenvalue weighted by Gasteiger charge is 2.15. The summed E-state index contributed by atoms with van der Waals surface area (Å²) in [5.41, 5.74) is 6.43.